The molecule has 0 bridgehead atoms. The summed E-state index contributed by atoms with van der Waals surface area (Å²) in [6.07, 6.45) is 0. The number of nitrogens with one attached hydrogen (secondary N) is 2. The van der Waals surface area contributed by atoms with Gasteiger partial charge in [0, 0.05) is 10.7 Å². The van der Waals surface area contributed by atoms with E-state index in [0.29, 0.717) is 10.8 Å². The van der Waals surface area contributed by atoms with E-state index in [1.165, 1.54) is 0 Å². The average molecular weight is 351 g/mol. The molecule has 5 nitrogen and oxygen atoms in total. The molecule has 2 rings (SSSR count). The number of hydrogen-bond donors (Lipinski definition) is 2. The molecule has 0 saturated carbocycles. The van der Waals surface area contributed by atoms with Crippen LogP contribution in [-0.4, -0.2) is 24.7 Å². The van der Waals surface area contributed by atoms with Crippen LogP contribution in [0.5, 0.6) is 11.5 Å². The Kier molecular flexibility index (Phi) is 6.19. The van der Waals surface area contributed by atoms with E-state index in [2.05, 4.69) is 10.6 Å². The number of ether oxygens (including phenoxy) is 2. The molecule has 120 valence electrons. The Hall–Kier alpha value is -2.31. The predicted molar refractivity (Wildman–Crippen MR) is 94.3 cm³/mol. The van der Waals surface area contributed by atoms with Gasteiger partial charge < -0.3 is 14.8 Å². The second-order valence-electron chi connectivity index (χ2n) is 4.47. The van der Waals surface area contributed by atoms with Crippen LogP contribution in [0.2, 0.25) is 5.02 Å². The van der Waals surface area contributed by atoms with E-state index in [0.717, 1.165) is 11.4 Å². The Balaban J connectivity index is 1.77. The van der Waals surface area contributed by atoms with Gasteiger partial charge in [-0.1, -0.05) is 11.6 Å². The molecule has 0 unspecified atom stereocenters. The van der Waals surface area contributed by atoms with Crippen molar-refractivity contribution in [3.63, 3.8) is 0 Å². The number of methoxy groups -OCH3 is 1. The zero-order valence-electron chi connectivity index (χ0n) is 12.3. The highest BCUT2D eigenvalue weighted by Gasteiger charge is 2.06. The molecular formula is C16H15ClN2O3S. The zero-order valence-corrected chi connectivity index (χ0v) is 13.9. The summed E-state index contributed by atoms with van der Waals surface area (Å²) < 4.78 is 10.4. The van der Waals surface area contributed by atoms with Gasteiger partial charge >= 0.3 is 0 Å². The van der Waals surface area contributed by atoms with Gasteiger partial charge in [0.25, 0.3) is 5.91 Å². The molecule has 0 aliphatic heterocycles. The van der Waals surface area contributed by atoms with Crippen LogP contribution in [0.25, 0.3) is 0 Å². The fourth-order valence-electron chi connectivity index (χ4n) is 1.68. The van der Waals surface area contributed by atoms with Gasteiger partial charge in [0.2, 0.25) is 0 Å². The van der Waals surface area contributed by atoms with Crippen molar-refractivity contribution in [2.45, 2.75) is 0 Å². The lowest BCUT2D eigenvalue weighted by Crippen LogP contribution is -2.37. The highest BCUT2D eigenvalue weighted by atomic mass is 35.5. The molecule has 0 atom stereocenters. The van der Waals surface area contributed by atoms with Crippen LogP contribution in [0, 0.1) is 0 Å². The molecule has 0 radical (unpaired) electrons. The van der Waals surface area contributed by atoms with Crippen molar-refractivity contribution in [1.82, 2.24) is 5.32 Å². The summed E-state index contributed by atoms with van der Waals surface area (Å²) in [5.74, 6) is 0.931. The fourth-order valence-corrected chi connectivity index (χ4v) is 2.04. The van der Waals surface area contributed by atoms with Crippen molar-refractivity contribution in [2.75, 3.05) is 19.0 Å². The Morgan fingerprint density at radius 1 is 1.09 bits per heavy atom. The van der Waals surface area contributed by atoms with Crippen LogP contribution in [-0.2, 0) is 4.79 Å². The number of amides is 1. The molecule has 0 spiro atoms. The summed E-state index contributed by atoms with van der Waals surface area (Å²) in [4.78, 5) is 11.8. The molecule has 0 saturated heterocycles. The van der Waals surface area contributed by atoms with Crippen LogP contribution in [0.15, 0.2) is 48.5 Å². The van der Waals surface area contributed by atoms with E-state index in [-0.39, 0.29) is 17.6 Å². The van der Waals surface area contributed by atoms with Crippen molar-refractivity contribution in [3.8, 4) is 11.5 Å². The average Bonchev–Trinajstić information content (AvgIpc) is 2.55. The number of carbonyl (C=O) groups excluding carboxylic acids is 1. The van der Waals surface area contributed by atoms with Crippen molar-refractivity contribution < 1.29 is 14.3 Å². The van der Waals surface area contributed by atoms with Crippen molar-refractivity contribution >= 4 is 40.5 Å². The largest absolute Gasteiger partial charge is 0.497 e. The monoisotopic (exact) mass is 350 g/mol. The highest BCUT2D eigenvalue weighted by Crippen LogP contribution is 2.16. The third-order valence-electron chi connectivity index (χ3n) is 2.78. The summed E-state index contributed by atoms with van der Waals surface area (Å²) >= 11 is 10.9. The standard InChI is InChI=1S/C16H15ClN2O3S/c1-21-13-6-8-14(9-7-13)22-10-15(20)19-16(23)18-12-4-2-11(17)3-5-12/h2-9H,10H2,1H3,(H2,18,19,20,23). The number of hydrogen-bond acceptors (Lipinski definition) is 4. The van der Waals surface area contributed by atoms with E-state index in [1.54, 1.807) is 55.6 Å². The first-order valence-corrected chi connectivity index (χ1v) is 7.48. The fraction of sp³-hybridized carbons (Fsp3) is 0.125. The Bertz CT molecular complexity index is 675. The summed E-state index contributed by atoms with van der Waals surface area (Å²) in [6.45, 7) is -0.144. The van der Waals surface area contributed by atoms with Gasteiger partial charge in [0.05, 0.1) is 7.11 Å². The lowest BCUT2D eigenvalue weighted by Gasteiger charge is -2.10. The Labute approximate surface area is 144 Å². The maximum Gasteiger partial charge on any atom is 0.264 e. The Morgan fingerprint density at radius 2 is 1.70 bits per heavy atom. The number of rotatable bonds is 5. The molecule has 1 amide bonds. The number of anilines is 1. The number of thiocarbonyl (C=S) groups is 1. The normalized spacial score (nSPS) is 9.83. The SMILES string of the molecule is COc1ccc(OCC(=O)NC(=S)Nc2ccc(Cl)cc2)cc1. The van der Waals surface area contributed by atoms with Crippen LogP contribution in [0.3, 0.4) is 0 Å². The molecule has 2 N–H and O–H groups in total. The van der Waals surface area contributed by atoms with Crippen LogP contribution in [0.4, 0.5) is 5.69 Å². The first-order valence-electron chi connectivity index (χ1n) is 6.70. The van der Waals surface area contributed by atoms with E-state index < -0.39 is 0 Å². The maximum absolute atomic E-state index is 11.8. The molecule has 0 heterocycles. The van der Waals surface area contributed by atoms with Crippen LogP contribution >= 0.6 is 23.8 Å². The van der Waals surface area contributed by atoms with Crippen molar-refractivity contribution in [3.05, 3.63) is 53.6 Å². The summed E-state index contributed by atoms with van der Waals surface area (Å²) in [5.41, 5.74) is 0.732. The lowest BCUT2D eigenvalue weighted by molar-refractivity contribution is -0.121. The van der Waals surface area contributed by atoms with Crippen LogP contribution < -0.4 is 20.1 Å². The van der Waals surface area contributed by atoms with Crippen molar-refractivity contribution in [2.24, 2.45) is 0 Å². The minimum atomic E-state index is -0.354. The number of halogens is 1. The smallest absolute Gasteiger partial charge is 0.264 e. The lowest BCUT2D eigenvalue weighted by atomic mass is 10.3. The third kappa shape index (κ3) is 5.77. The molecule has 2 aromatic rings. The molecule has 7 heteroatoms. The van der Waals surface area contributed by atoms with E-state index in [1.807, 2.05) is 0 Å². The molecule has 23 heavy (non-hydrogen) atoms. The van der Waals surface area contributed by atoms with Gasteiger partial charge in [0.1, 0.15) is 11.5 Å². The minimum absolute atomic E-state index is 0.144. The van der Waals surface area contributed by atoms with Gasteiger partial charge in [-0.05, 0) is 60.7 Å². The van der Waals surface area contributed by atoms with Gasteiger partial charge in [0.15, 0.2) is 11.7 Å². The van der Waals surface area contributed by atoms with E-state index in [9.17, 15) is 4.79 Å². The first kappa shape index (κ1) is 17.1. The second-order valence-corrected chi connectivity index (χ2v) is 5.32. The van der Waals surface area contributed by atoms with Gasteiger partial charge in [-0.2, -0.15) is 0 Å². The van der Waals surface area contributed by atoms with Gasteiger partial charge in [-0.3, -0.25) is 10.1 Å². The minimum Gasteiger partial charge on any atom is -0.497 e. The van der Waals surface area contributed by atoms with E-state index >= 15 is 0 Å². The molecular weight excluding hydrogens is 336 g/mol. The quantitative estimate of drug-likeness (QED) is 0.811. The number of benzene rings is 2. The molecule has 0 aromatic heterocycles. The molecule has 0 aliphatic rings. The topological polar surface area (TPSA) is 59.6 Å². The Morgan fingerprint density at radius 3 is 2.30 bits per heavy atom. The van der Waals surface area contributed by atoms with Gasteiger partial charge in [-0.15, -0.1) is 0 Å². The summed E-state index contributed by atoms with van der Waals surface area (Å²) in [7, 11) is 1.58. The summed E-state index contributed by atoms with van der Waals surface area (Å²) in [6, 6.07) is 13.9. The van der Waals surface area contributed by atoms with Gasteiger partial charge in [-0.25, -0.2) is 0 Å². The maximum atomic E-state index is 11.8. The predicted octanol–water partition coefficient (Wildman–Crippen LogP) is 3.24. The zero-order chi connectivity index (χ0) is 16.7. The summed E-state index contributed by atoms with van der Waals surface area (Å²) in [5, 5.41) is 6.23. The van der Waals surface area contributed by atoms with Crippen LogP contribution in [0.1, 0.15) is 0 Å². The molecule has 0 aliphatic carbocycles. The first-order chi connectivity index (χ1) is 11.1. The third-order valence-corrected chi connectivity index (χ3v) is 3.24. The van der Waals surface area contributed by atoms with E-state index in [4.69, 9.17) is 33.3 Å². The second kappa shape index (κ2) is 8.36. The van der Waals surface area contributed by atoms with Crippen molar-refractivity contribution in [1.29, 1.82) is 0 Å². The highest BCUT2D eigenvalue weighted by molar-refractivity contribution is 7.80. The molecule has 0 fully saturated rings. The molecule has 2 aromatic carbocycles. The number of carbonyl (C=O) groups is 1.